The van der Waals surface area contributed by atoms with E-state index < -0.39 is 0 Å². The van der Waals surface area contributed by atoms with E-state index in [9.17, 15) is 0 Å². The molecule has 0 radical (unpaired) electrons. The van der Waals surface area contributed by atoms with Crippen LogP contribution >= 0.6 is 12.2 Å². The summed E-state index contributed by atoms with van der Waals surface area (Å²) < 4.78 is 1.81. The molecule has 2 aromatic rings. The van der Waals surface area contributed by atoms with Crippen LogP contribution in [0, 0.1) is 0 Å². The molecule has 0 saturated carbocycles. The van der Waals surface area contributed by atoms with Crippen molar-refractivity contribution in [3.05, 3.63) is 42.7 Å². The van der Waals surface area contributed by atoms with Crippen molar-refractivity contribution >= 4 is 23.0 Å². The molecule has 0 aliphatic carbocycles. The van der Waals surface area contributed by atoms with Crippen molar-refractivity contribution in [2.24, 2.45) is 5.73 Å². The van der Waals surface area contributed by atoms with E-state index in [4.69, 9.17) is 18.0 Å². The molecule has 0 amide bonds. The summed E-state index contributed by atoms with van der Waals surface area (Å²) >= 11 is 5.00. The van der Waals surface area contributed by atoms with Gasteiger partial charge in [0.25, 0.3) is 0 Å². The van der Waals surface area contributed by atoms with Crippen molar-refractivity contribution in [1.82, 2.24) is 9.78 Å². The zero-order chi connectivity index (χ0) is 12.3. The second-order valence-corrected chi connectivity index (χ2v) is 3.97. The van der Waals surface area contributed by atoms with Crippen molar-refractivity contribution in [2.45, 2.75) is 6.92 Å². The fourth-order valence-electron chi connectivity index (χ4n) is 1.67. The molecule has 1 aromatic carbocycles. The SMILES string of the molecule is CCN(C(N)=S)c1ccc(-n2cccn2)cc1. The molecular weight excluding hydrogens is 232 g/mol. The molecule has 0 atom stereocenters. The average molecular weight is 246 g/mol. The van der Waals surface area contributed by atoms with Crippen LogP contribution in [0.15, 0.2) is 42.7 Å². The zero-order valence-corrected chi connectivity index (χ0v) is 10.4. The molecule has 4 nitrogen and oxygen atoms in total. The number of nitrogens with two attached hydrogens (primary N) is 1. The molecule has 1 aromatic heterocycles. The Morgan fingerprint density at radius 3 is 2.59 bits per heavy atom. The van der Waals surface area contributed by atoms with Gasteiger partial charge in [0, 0.05) is 24.6 Å². The predicted octanol–water partition coefficient (Wildman–Crippen LogP) is 1.94. The van der Waals surface area contributed by atoms with E-state index in [1.807, 2.05) is 48.4 Å². The van der Waals surface area contributed by atoms with Gasteiger partial charge in [-0.05, 0) is 49.5 Å². The Morgan fingerprint density at radius 1 is 1.41 bits per heavy atom. The van der Waals surface area contributed by atoms with Gasteiger partial charge in [0.2, 0.25) is 0 Å². The van der Waals surface area contributed by atoms with Gasteiger partial charge >= 0.3 is 0 Å². The number of nitrogens with zero attached hydrogens (tertiary/aromatic N) is 3. The Morgan fingerprint density at radius 2 is 2.12 bits per heavy atom. The number of thiocarbonyl (C=S) groups is 1. The third kappa shape index (κ3) is 2.45. The molecule has 0 bridgehead atoms. The molecule has 2 rings (SSSR count). The van der Waals surface area contributed by atoms with E-state index in [0.29, 0.717) is 5.11 Å². The van der Waals surface area contributed by atoms with Gasteiger partial charge in [-0.1, -0.05) is 0 Å². The summed E-state index contributed by atoms with van der Waals surface area (Å²) in [6.07, 6.45) is 3.65. The van der Waals surface area contributed by atoms with E-state index in [0.717, 1.165) is 17.9 Å². The quantitative estimate of drug-likeness (QED) is 0.841. The van der Waals surface area contributed by atoms with E-state index in [1.54, 1.807) is 10.9 Å². The Labute approximate surface area is 106 Å². The number of hydrogen-bond donors (Lipinski definition) is 1. The largest absolute Gasteiger partial charge is 0.376 e. The molecule has 2 N–H and O–H groups in total. The van der Waals surface area contributed by atoms with Gasteiger partial charge in [-0.25, -0.2) is 4.68 Å². The average Bonchev–Trinajstić information content (AvgIpc) is 2.84. The Bertz CT molecular complexity index is 490. The first-order chi connectivity index (χ1) is 8.22. The van der Waals surface area contributed by atoms with E-state index in [1.165, 1.54) is 0 Å². The molecule has 0 fully saturated rings. The highest BCUT2D eigenvalue weighted by atomic mass is 32.1. The molecule has 88 valence electrons. The summed E-state index contributed by atoms with van der Waals surface area (Å²) in [6, 6.07) is 9.84. The first-order valence-corrected chi connectivity index (χ1v) is 5.80. The second kappa shape index (κ2) is 4.97. The lowest BCUT2D eigenvalue weighted by Gasteiger charge is -2.20. The molecule has 17 heavy (non-hydrogen) atoms. The third-order valence-electron chi connectivity index (χ3n) is 2.51. The van der Waals surface area contributed by atoms with Crippen LogP contribution in [0.4, 0.5) is 5.69 Å². The molecule has 0 spiro atoms. The topological polar surface area (TPSA) is 47.1 Å². The Kier molecular flexibility index (Phi) is 3.39. The second-order valence-electron chi connectivity index (χ2n) is 3.55. The lowest BCUT2D eigenvalue weighted by atomic mass is 10.2. The highest BCUT2D eigenvalue weighted by Crippen LogP contribution is 2.16. The number of aromatic nitrogens is 2. The number of anilines is 1. The van der Waals surface area contributed by atoms with Gasteiger partial charge in [-0.2, -0.15) is 5.10 Å². The zero-order valence-electron chi connectivity index (χ0n) is 9.58. The number of benzene rings is 1. The van der Waals surface area contributed by atoms with Crippen molar-refractivity contribution in [1.29, 1.82) is 0 Å². The minimum absolute atomic E-state index is 0.388. The van der Waals surface area contributed by atoms with Gasteiger partial charge in [0.15, 0.2) is 5.11 Å². The summed E-state index contributed by atoms with van der Waals surface area (Å²) in [5.74, 6) is 0. The summed E-state index contributed by atoms with van der Waals surface area (Å²) in [4.78, 5) is 1.88. The molecule has 0 aliphatic heterocycles. The minimum Gasteiger partial charge on any atom is -0.376 e. The molecule has 0 unspecified atom stereocenters. The molecule has 0 saturated heterocycles. The lowest BCUT2D eigenvalue weighted by molar-refractivity contribution is 0.880. The minimum atomic E-state index is 0.388. The van der Waals surface area contributed by atoms with Crippen LogP contribution < -0.4 is 10.6 Å². The standard InChI is InChI=1S/C12H14N4S/c1-2-15(12(13)17)10-4-6-11(7-5-10)16-9-3-8-14-16/h3-9H,2H2,1H3,(H2,13,17). The van der Waals surface area contributed by atoms with E-state index >= 15 is 0 Å². The highest BCUT2D eigenvalue weighted by molar-refractivity contribution is 7.80. The fourth-order valence-corrected chi connectivity index (χ4v) is 1.91. The van der Waals surface area contributed by atoms with Crippen LogP contribution in [-0.2, 0) is 0 Å². The maximum absolute atomic E-state index is 5.65. The Hall–Kier alpha value is -1.88. The monoisotopic (exact) mass is 246 g/mol. The van der Waals surface area contributed by atoms with Crippen molar-refractivity contribution in [2.75, 3.05) is 11.4 Å². The van der Waals surface area contributed by atoms with Crippen molar-refractivity contribution in [3.8, 4) is 5.69 Å². The van der Waals surface area contributed by atoms with Crippen LogP contribution in [0.2, 0.25) is 0 Å². The summed E-state index contributed by atoms with van der Waals surface area (Å²) in [5.41, 5.74) is 7.66. The molecule has 5 heteroatoms. The summed E-state index contributed by atoms with van der Waals surface area (Å²) in [6.45, 7) is 2.77. The first kappa shape index (κ1) is 11.6. The van der Waals surface area contributed by atoms with Crippen LogP contribution in [0.1, 0.15) is 6.92 Å². The van der Waals surface area contributed by atoms with Gasteiger partial charge in [0.05, 0.1) is 5.69 Å². The lowest BCUT2D eigenvalue weighted by Crippen LogP contribution is -2.35. The molecular formula is C12H14N4S. The summed E-state index contributed by atoms with van der Waals surface area (Å²) in [7, 11) is 0. The van der Waals surface area contributed by atoms with Gasteiger partial charge < -0.3 is 10.6 Å². The number of rotatable bonds is 3. The van der Waals surface area contributed by atoms with Crippen LogP contribution in [0.5, 0.6) is 0 Å². The molecule has 1 heterocycles. The summed E-state index contributed by atoms with van der Waals surface area (Å²) in [5, 5.41) is 4.56. The highest BCUT2D eigenvalue weighted by Gasteiger charge is 2.06. The van der Waals surface area contributed by atoms with Crippen molar-refractivity contribution < 1.29 is 0 Å². The predicted molar refractivity (Wildman–Crippen MR) is 73.4 cm³/mol. The maximum Gasteiger partial charge on any atom is 0.170 e. The number of hydrogen-bond acceptors (Lipinski definition) is 2. The smallest absolute Gasteiger partial charge is 0.170 e. The normalized spacial score (nSPS) is 10.2. The van der Waals surface area contributed by atoms with Crippen LogP contribution in [0.3, 0.4) is 0 Å². The van der Waals surface area contributed by atoms with Gasteiger partial charge in [-0.3, -0.25) is 0 Å². The van der Waals surface area contributed by atoms with E-state index in [2.05, 4.69) is 5.10 Å². The van der Waals surface area contributed by atoms with E-state index in [-0.39, 0.29) is 0 Å². The molecule has 0 aliphatic rings. The van der Waals surface area contributed by atoms with Crippen molar-refractivity contribution in [3.63, 3.8) is 0 Å². The van der Waals surface area contributed by atoms with Gasteiger partial charge in [-0.15, -0.1) is 0 Å². The van der Waals surface area contributed by atoms with Gasteiger partial charge in [0.1, 0.15) is 0 Å². The van der Waals surface area contributed by atoms with Crippen LogP contribution in [0.25, 0.3) is 5.69 Å². The maximum atomic E-state index is 5.65. The first-order valence-electron chi connectivity index (χ1n) is 5.39. The Balaban J connectivity index is 2.26. The van der Waals surface area contributed by atoms with Crippen LogP contribution in [-0.4, -0.2) is 21.4 Å². The third-order valence-corrected chi connectivity index (χ3v) is 2.73. The fraction of sp³-hybridized carbons (Fsp3) is 0.167.